The van der Waals surface area contributed by atoms with Gasteiger partial charge in [-0.15, -0.1) is 10.2 Å². The molecular weight excluding hydrogens is 234 g/mol. The predicted molar refractivity (Wildman–Crippen MR) is 64.8 cm³/mol. The summed E-state index contributed by atoms with van der Waals surface area (Å²) in [7, 11) is 0. The molecule has 0 aliphatic heterocycles. The van der Waals surface area contributed by atoms with E-state index in [1.165, 1.54) is 6.07 Å². The van der Waals surface area contributed by atoms with Crippen molar-refractivity contribution in [2.45, 2.75) is 25.3 Å². The summed E-state index contributed by atoms with van der Waals surface area (Å²) in [5.74, 6) is -0.0659. The molecule has 0 radical (unpaired) electrons. The third-order valence-electron chi connectivity index (χ3n) is 2.52. The van der Waals surface area contributed by atoms with Crippen molar-refractivity contribution in [1.29, 1.82) is 0 Å². The fourth-order valence-electron chi connectivity index (χ4n) is 1.39. The molecule has 2 amide bonds. The first kappa shape index (κ1) is 12.3. The maximum Gasteiger partial charge on any atom is 0.269 e. The van der Waals surface area contributed by atoms with Crippen molar-refractivity contribution in [3.8, 4) is 0 Å². The standard InChI is InChI=1S/C11H15N5O2/c12-11(18)8-3-4-9(16-15-8)13-6-5-10(17)14-7-1-2-7/h3-4,7H,1-2,5-6H2,(H2,12,18)(H,13,16)(H,14,17). The van der Waals surface area contributed by atoms with Crippen LogP contribution in [0.1, 0.15) is 29.8 Å². The van der Waals surface area contributed by atoms with Crippen LogP contribution in [0, 0.1) is 0 Å². The predicted octanol–water partition coefficient (Wildman–Crippen LogP) is -0.344. The zero-order valence-electron chi connectivity index (χ0n) is 9.85. The monoisotopic (exact) mass is 249 g/mol. The molecule has 1 aliphatic rings. The van der Waals surface area contributed by atoms with Crippen LogP contribution < -0.4 is 16.4 Å². The third kappa shape index (κ3) is 3.69. The Morgan fingerprint density at radius 3 is 2.67 bits per heavy atom. The molecule has 2 rings (SSSR count). The van der Waals surface area contributed by atoms with Crippen molar-refractivity contribution in [2.24, 2.45) is 5.73 Å². The molecule has 18 heavy (non-hydrogen) atoms. The Kier molecular flexibility index (Phi) is 3.71. The number of hydrogen-bond acceptors (Lipinski definition) is 5. The molecule has 7 nitrogen and oxygen atoms in total. The molecule has 1 aromatic rings. The van der Waals surface area contributed by atoms with Gasteiger partial charge in [-0.25, -0.2) is 0 Å². The van der Waals surface area contributed by atoms with E-state index in [-0.39, 0.29) is 11.6 Å². The molecule has 0 bridgehead atoms. The summed E-state index contributed by atoms with van der Waals surface area (Å²) in [6, 6.07) is 3.47. The first-order chi connectivity index (χ1) is 8.65. The van der Waals surface area contributed by atoms with E-state index in [4.69, 9.17) is 5.73 Å². The van der Waals surface area contributed by atoms with E-state index in [1.54, 1.807) is 6.07 Å². The lowest BCUT2D eigenvalue weighted by Gasteiger charge is -2.05. The smallest absolute Gasteiger partial charge is 0.269 e. The van der Waals surface area contributed by atoms with E-state index in [9.17, 15) is 9.59 Å². The number of rotatable bonds is 6. The Morgan fingerprint density at radius 2 is 2.11 bits per heavy atom. The second-order valence-electron chi connectivity index (χ2n) is 4.19. The molecule has 96 valence electrons. The Hall–Kier alpha value is -2.18. The number of hydrogen-bond donors (Lipinski definition) is 3. The number of nitrogens with one attached hydrogen (secondary N) is 2. The highest BCUT2D eigenvalue weighted by atomic mass is 16.2. The number of carbonyl (C=O) groups excluding carboxylic acids is 2. The van der Waals surface area contributed by atoms with Gasteiger partial charge in [0.05, 0.1) is 0 Å². The summed E-state index contributed by atoms with van der Waals surface area (Å²) in [6.45, 7) is 0.475. The average molecular weight is 249 g/mol. The first-order valence-electron chi connectivity index (χ1n) is 5.82. The van der Waals surface area contributed by atoms with Crippen molar-refractivity contribution in [2.75, 3.05) is 11.9 Å². The molecule has 0 spiro atoms. The second-order valence-corrected chi connectivity index (χ2v) is 4.19. The van der Waals surface area contributed by atoms with Crippen molar-refractivity contribution in [3.63, 3.8) is 0 Å². The minimum Gasteiger partial charge on any atom is -0.368 e. The highest BCUT2D eigenvalue weighted by molar-refractivity contribution is 5.90. The molecule has 4 N–H and O–H groups in total. The van der Waals surface area contributed by atoms with E-state index in [0.717, 1.165) is 12.8 Å². The number of anilines is 1. The second kappa shape index (κ2) is 5.44. The van der Waals surface area contributed by atoms with Gasteiger partial charge >= 0.3 is 0 Å². The van der Waals surface area contributed by atoms with E-state index >= 15 is 0 Å². The SMILES string of the molecule is NC(=O)c1ccc(NCCC(=O)NC2CC2)nn1. The summed E-state index contributed by atoms with van der Waals surface area (Å²) in [6.07, 6.45) is 2.55. The molecule has 0 atom stereocenters. The highest BCUT2D eigenvalue weighted by Gasteiger charge is 2.22. The zero-order valence-corrected chi connectivity index (χ0v) is 9.85. The van der Waals surface area contributed by atoms with E-state index in [2.05, 4.69) is 20.8 Å². The van der Waals surface area contributed by atoms with Crippen LogP contribution in [-0.2, 0) is 4.79 Å². The molecule has 1 heterocycles. The molecule has 0 saturated heterocycles. The Labute approximate surface area is 104 Å². The van der Waals surface area contributed by atoms with Gasteiger partial charge in [-0.05, 0) is 25.0 Å². The van der Waals surface area contributed by atoms with Crippen LogP contribution in [0.2, 0.25) is 0 Å². The number of primary amides is 1. The van der Waals surface area contributed by atoms with Crippen LogP contribution >= 0.6 is 0 Å². The van der Waals surface area contributed by atoms with Gasteiger partial charge in [-0.1, -0.05) is 0 Å². The summed E-state index contributed by atoms with van der Waals surface area (Å²) >= 11 is 0. The summed E-state index contributed by atoms with van der Waals surface area (Å²) in [5, 5.41) is 13.3. The largest absolute Gasteiger partial charge is 0.368 e. The van der Waals surface area contributed by atoms with Crippen LogP contribution in [0.4, 0.5) is 5.82 Å². The number of nitrogens with two attached hydrogens (primary N) is 1. The molecular formula is C11H15N5O2. The van der Waals surface area contributed by atoms with Gasteiger partial charge in [0.15, 0.2) is 5.69 Å². The molecule has 1 fully saturated rings. The fourth-order valence-corrected chi connectivity index (χ4v) is 1.39. The van der Waals surface area contributed by atoms with E-state index in [0.29, 0.717) is 24.8 Å². The zero-order chi connectivity index (χ0) is 13.0. The van der Waals surface area contributed by atoms with Gasteiger partial charge in [0.2, 0.25) is 5.91 Å². The molecule has 1 aromatic heterocycles. The molecule has 0 aromatic carbocycles. The normalized spacial score (nSPS) is 14.0. The van der Waals surface area contributed by atoms with Gasteiger partial charge in [-0.3, -0.25) is 9.59 Å². The Bertz CT molecular complexity index is 441. The van der Waals surface area contributed by atoms with Crippen LogP contribution in [0.25, 0.3) is 0 Å². The molecule has 1 saturated carbocycles. The third-order valence-corrected chi connectivity index (χ3v) is 2.52. The minimum absolute atomic E-state index is 0.0340. The Morgan fingerprint density at radius 1 is 1.33 bits per heavy atom. The Balaban J connectivity index is 1.72. The van der Waals surface area contributed by atoms with E-state index < -0.39 is 5.91 Å². The van der Waals surface area contributed by atoms with Crippen molar-refractivity contribution < 1.29 is 9.59 Å². The van der Waals surface area contributed by atoms with Crippen molar-refractivity contribution >= 4 is 17.6 Å². The highest BCUT2D eigenvalue weighted by Crippen LogP contribution is 2.18. The lowest BCUT2D eigenvalue weighted by atomic mass is 10.3. The summed E-state index contributed by atoms with van der Waals surface area (Å²) in [5.41, 5.74) is 5.16. The molecule has 0 unspecified atom stereocenters. The lowest BCUT2D eigenvalue weighted by molar-refractivity contribution is -0.120. The number of carbonyl (C=O) groups is 2. The maximum atomic E-state index is 11.4. The maximum absolute atomic E-state index is 11.4. The van der Waals surface area contributed by atoms with Crippen LogP contribution in [0.5, 0.6) is 0 Å². The van der Waals surface area contributed by atoms with Crippen molar-refractivity contribution in [1.82, 2.24) is 15.5 Å². The number of aromatic nitrogens is 2. The summed E-state index contributed by atoms with van der Waals surface area (Å²) in [4.78, 5) is 22.1. The van der Waals surface area contributed by atoms with Crippen LogP contribution in [0.3, 0.4) is 0 Å². The van der Waals surface area contributed by atoms with Gasteiger partial charge in [-0.2, -0.15) is 0 Å². The van der Waals surface area contributed by atoms with Gasteiger partial charge < -0.3 is 16.4 Å². The van der Waals surface area contributed by atoms with Crippen molar-refractivity contribution in [3.05, 3.63) is 17.8 Å². The molecule has 7 heteroatoms. The fraction of sp³-hybridized carbons (Fsp3) is 0.455. The van der Waals surface area contributed by atoms with E-state index in [1.807, 2.05) is 0 Å². The molecule has 1 aliphatic carbocycles. The lowest BCUT2D eigenvalue weighted by Crippen LogP contribution is -2.27. The van der Waals surface area contributed by atoms with Crippen LogP contribution in [-0.4, -0.2) is 34.6 Å². The number of nitrogens with zero attached hydrogens (tertiary/aromatic N) is 2. The van der Waals surface area contributed by atoms with Gasteiger partial charge in [0, 0.05) is 19.0 Å². The number of amides is 2. The average Bonchev–Trinajstić information content (AvgIpc) is 3.13. The summed E-state index contributed by atoms with van der Waals surface area (Å²) < 4.78 is 0. The van der Waals surface area contributed by atoms with Crippen LogP contribution in [0.15, 0.2) is 12.1 Å². The topological polar surface area (TPSA) is 110 Å². The first-order valence-corrected chi connectivity index (χ1v) is 5.82. The quantitative estimate of drug-likeness (QED) is 0.638. The van der Waals surface area contributed by atoms with Gasteiger partial charge in [0.25, 0.3) is 5.91 Å². The minimum atomic E-state index is -0.613. The van der Waals surface area contributed by atoms with Gasteiger partial charge in [0.1, 0.15) is 5.82 Å².